The van der Waals surface area contributed by atoms with Crippen LogP contribution in [0.1, 0.15) is 27.7 Å². The first kappa shape index (κ1) is 21.5. The molecule has 0 bridgehead atoms. The molecule has 0 radical (unpaired) electrons. The number of carbonyl (C=O) groups excluding carboxylic acids is 1. The number of rotatable bonds is 4. The molecule has 1 aromatic heterocycles. The highest BCUT2D eigenvalue weighted by atomic mass is 35.5. The maximum atomic E-state index is 13.5. The molecule has 4 rings (SSSR count). The quantitative estimate of drug-likeness (QED) is 0.592. The summed E-state index contributed by atoms with van der Waals surface area (Å²) in [5.74, 6) is -0.968. The largest absolute Gasteiger partial charge is 0.371 e. The Bertz CT molecular complexity index is 1070. The molecule has 1 fully saturated rings. The number of H-pyrrole nitrogens is 1. The second-order valence-electron chi connectivity index (χ2n) is 6.61. The van der Waals surface area contributed by atoms with Gasteiger partial charge < -0.3 is 15.4 Å². The van der Waals surface area contributed by atoms with Gasteiger partial charge >= 0.3 is 0 Å². The molecule has 1 saturated heterocycles. The van der Waals surface area contributed by atoms with Gasteiger partial charge in [0.05, 0.1) is 24.0 Å². The van der Waals surface area contributed by atoms with Gasteiger partial charge in [0.25, 0.3) is 5.91 Å². The van der Waals surface area contributed by atoms with Crippen LogP contribution < -0.4 is 10.6 Å². The molecule has 2 heterocycles. The number of nitriles is 1. The van der Waals surface area contributed by atoms with Crippen molar-refractivity contribution >= 4 is 24.0 Å². The molecular weight excluding hydrogens is 409 g/mol. The van der Waals surface area contributed by atoms with E-state index in [0.29, 0.717) is 23.6 Å². The summed E-state index contributed by atoms with van der Waals surface area (Å²) in [6.45, 7) is 2.29. The van der Waals surface area contributed by atoms with E-state index in [1.54, 1.807) is 12.1 Å². The highest BCUT2D eigenvalue weighted by Gasteiger charge is 2.16. The average Bonchev–Trinajstić information content (AvgIpc) is 3.26. The maximum Gasteiger partial charge on any atom is 0.276 e. The number of amides is 1. The van der Waals surface area contributed by atoms with Crippen molar-refractivity contribution in [1.29, 1.82) is 5.26 Å². The van der Waals surface area contributed by atoms with Gasteiger partial charge in [-0.05, 0) is 42.0 Å². The van der Waals surface area contributed by atoms with Crippen molar-refractivity contribution < 1.29 is 13.9 Å². The Kier molecular flexibility index (Phi) is 6.79. The SMILES string of the molecule is Cl.N#Cc1cc(-c2cc(C(=O)Nc3ccc([C@H]4CNCCO4)cc3)n[nH]2)ccc1F. The van der Waals surface area contributed by atoms with Gasteiger partial charge in [0.2, 0.25) is 0 Å². The van der Waals surface area contributed by atoms with Crippen molar-refractivity contribution in [2.24, 2.45) is 0 Å². The zero-order chi connectivity index (χ0) is 20.2. The molecule has 7 nitrogen and oxygen atoms in total. The Balaban J connectivity index is 0.00000256. The molecule has 0 aliphatic carbocycles. The highest BCUT2D eigenvalue weighted by Crippen LogP contribution is 2.23. The molecule has 1 amide bonds. The number of ether oxygens (including phenoxy) is 1. The molecular formula is C21H19ClFN5O2. The lowest BCUT2D eigenvalue weighted by Gasteiger charge is -2.24. The summed E-state index contributed by atoms with van der Waals surface area (Å²) in [7, 11) is 0. The zero-order valence-corrected chi connectivity index (χ0v) is 16.6. The Hall–Kier alpha value is -3.25. The normalized spacial score (nSPS) is 15.7. The van der Waals surface area contributed by atoms with Crippen molar-refractivity contribution in [3.05, 3.63) is 71.2 Å². The van der Waals surface area contributed by atoms with E-state index in [1.807, 2.05) is 24.3 Å². The number of carbonyl (C=O) groups is 1. The molecule has 0 unspecified atom stereocenters. The number of benzene rings is 2. The van der Waals surface area contributed by atoms with E-state index < -0.39 is 5.82 Å². The molecule has 2 aromatic carbocycles. The van der Waals surface area contributed by atoms with Crippen LogP contribution in [0.5, 0.6) is 0 Å². The lowest BCUT2D eigenvalue weighted by molar-refractivity contribution is 0.0277. The average molecular weight is 428 g/mol. The number of nitrogens with one attached hydrogen (secondary N) is 3. The summed E-state index contributed by atoms with van der Waals surface area (Å²) in [5, 5.41) is 21.8. The Labute approximate surface area is 178 Å². The topological polar surface area (TPSA) is 103 Å². The minimum atomic E-state index is -0.591. The van der Waals surface area contributed by atoms with Crippen LogP contribution in [0.2, 0.25) is 0 Å². The number of morpholine rings is 1. The molecule has 1 aliphatic rings. The van der Waals surface area contributed by atoms with Crippen LogP contribution in [0, 0.1) is 17.1 Å². The van der Waals surface area contributed by atoms with Crippen LogP contribution in [-0.4, -0.2) is 35.8 Å². The Morgan fingerprint density at radius 1 is 1.23 bits per heavy atom. The summed E-state index contributed by atoms with van der Waals surface area (Å²) in [6, 6.07) is 15.0. The standard InChI is InChI=1S/C21H18FN5O2.ClH/c22-17-6-3-14(9-15(17)11-23)18-10-19(27-26-18)21(28)25-16-4-1-13(2-5-16)20-12-24-7-8-29-20;/h1-6,9-10,20,24H,7-8,12H2,(H,25,28)(H,26,27);1H/t20-;/m1./s1. The van der Waals surface area contributed by atoms with Gasteiger partial charge in [-0.1, -0.05) is 12.1 Å². The minimum Gasteiger partial charge on any atom is -0.371 e. The van der Waals surface area contributed by atoms with E-state index in [-0.39, 0.29) is 35.7 Å². The first-order valence-corrected chi connectivity index (χ1v) is 9.13. The van der Waals surface area contributed by atoms with Crippen molar-refractivity contribution in [1.82, 2.24) is 15.5 Å². The van der Waals surface area contributed by atoms with Crippen molar-refractivity contribution in [2.45, 2.75) is 6.10 Å². The number of aromatic amines is 1. The summed E-state index contributed by atoms with van der Waals surface area (Å²) < 4.78 is 19.2. The summed E-state index contributed by atoms with van der Waals surface area (Å²) >= 11 is 0. The number of hydrogen-bond acceptors (Lipinski definition) is 5. The van der Waals surface area contributed by atoms with Crippen LogP contribution in [0.4, 0.5) is 10.1 Å². The van der Waals surface area contributed by atoms with E-state index in [1.165, 1.54) is 18.2 Å². The monoisotopic (exact) mass is 427 g/mol. The Morgan fingerprint density at radius 3 is 2.73 bits per heavy atom. The lowest BCUT2D eigenvalue weighted by atomic mass is 10.1. The van der Waals surface area contributed by atoms with Crippen LogP contribution in [-0.2, 0) is 4.74 Å². The second-order valence-corrected chi connectivity index (χ2v) is 6.61. The van der Waals surface area contributed by atoms with Gasteiger partial charge in [-0.2, -0.15) is 10.4 Å². The third kappa shape index (κ3) is 4.66. The molecule has 0 saturated carbocycles. The number of anilines is 1. The fraction of sp³-hybridized carbons (Fsp3) is 0.190. The number of hydrogen-bond donors (Lipinski definition) is 3. The lowest BCUT2D eigenvalue weighted by Crippen LogP contribution is -2.33. The summed E-state index contributed by atoms with van der Waals surface area (Å²) in [4.78, 5) is 12.5. The number of aromatic nitrogens is 2. The van der Waals surface area contributed by atoms with Crippen LogP contribution in [0.3, 0.4) is 0 Å². The fourth-order valence-electron chi connectivity index (χ4n) is 3.12. The van der Waals surface area contributed by atoms with Gasteiger partial charge in [0.1, 0.15) is 11.9 Å². The first-order valence-electron chi connectivity index (χ1n) is 9.13. The third-order valence-corrected chi connectivity index (χ3v) is 4.68. The molecule has 154 valence electrons. The molecule has 1 aliphatic heterocycles. The highest BCUT2D eigenvalue weighted by molar-refractivity contribution is 6.03. The van der Waals surface area contributed by atoms with Gasteiger partial charge in [-0.3, -0.25) is 9.89 Å². The van der Waals surface area contributed by atoms with Crippen LogP contribution in [0.25, 0.3) is 11.3 Å². The number of halogens is 2. The van der Waals surface area contributed by atoms with E-state index in [2.05, 4.69) is 20.8 Å². The molecule has 30 heavy (non-hydrogen) atoms. The fourth-order valence-corrected chi connectivity index (χ4v) is 3.12. The van der Waals surface area contributed by atoms with Crippen molar-refractivity contribution in [3.63, 3.8) is 0 Å². The van der Waals surface area contributed by atoms with Crippen LogP contribution in [0.15, 0.2) is 48.5 Å². The van der Waals surface area contributed by atoms with Crippen molar-refractivity contribution in [2.75, 3.05) is 25.0 Å². The second kappa shape index (κ2) is 9.50. The van der Waals surface area contributed by atoms with Gasteiger partial charge in [0.15, 0.2) is 5.69 Å². The first-order chi connectivity index (χ1) is 14.1. The van der Waals surface area contributed by atoms with Gasteiger partial charge in [-0.15, -0.1) is 12.4 Å². The maximum absolute atomic E-state index is 13.5. The third-order valence-electron chi connectivity index (χ3n) is 4.68. The molecule has 0 spiro atoms. The van der Waals surface area contributed by atoms with Crippen molar-refractivity contribution in [3.8, 4) is 17.3 Å². The molecule has 9 heteroatoms. The predicted octanol–water partition coefficient (Wildman–Crippen LogP) is 3.42. The van der Waals surface area contributed by atoms with E-state index in [4.69, 9.17) is 10.00 Å². The van der Waals surface area contributed by atoms with Gasteiger partial charge in [0, 0.05) is 24.3 Å². The van der Waals surface area contributed by atoms with E-state index in [9.17, 15) is 9.18 Å². The Morgan fingerprint density at radius 2 is 2.03 bits per heavy atom. The minimum absolute atomic E-state index is 0. The summed E-state index contributed by atoms with van der Waals surface area (Å²) in [5.41, 5.74) is 2.89. The number of nitrogens with zero attached hydrogens (tertiary/aromatic N) is 2. The molecule has 3 N–H and O–H groups in total. The predicted molar refractivity (Wildman–Crippen MR) is 112 cm³/mol. The summed E-state index contributed by atoms with van der Waals surface area (Å²) in [6.07, 6.45) is 0.0106. The molecule has 1 atom stereocenters. The van der Waals surface area contributed by atoms with Crippen LogP contribution >= 0.6 is 12.4 Å². The molecule has 3 aromatic rings. The van der Waals surface area contributed by atoms with E-state index in [0.717, 1.165) is 18.7 Å². The smallest absolute Gasteiger partial charge is 0.276 e. The van der Waals surface area contributed by atoms with E-state index >= 15 is 0 Å². The zero-order valence-electron chi connectivity index (χ0n) is 15.8. The van der Waals surface area contributed by atoms with Gasteiger partial charge in [-0.25, -0.2) is 4.39 Å².